The molecule has 80 valence electrons. The fourth-order valence-electron chi connectivity index (χ4n) is 1.44. The van der Waals surface area contributed by atoms with Crippen molar-refractivity contribution < 1.29 is 9.52 Å². The van der Waals surface area contributed by atoms with Crippen molar-refractivity contribution >= 4 is 11.6 Å². The molecule has 0 aromatic carbocycles. The highest BCUT2D eigenvalue weighted by atomic mass is 35.5. The Balaban J connectivity index is 2.56. The van der Waals surface area contributed by atoms with Crippen LogP contribution in [0.25, 0.3) is 11.6 Å². The van der Waals surface area contributed by atoms with E-state index >= 15 is 0 Å². The van der Waals surface area contributed by atoms with Gasteiger partial charge in [0.15, 0.2) is 5.69 Å². The van der Waals surface area contributed by atoms with E-state index in [1.165, 1.54) is 17.1 Å². The molecule has 1 unspecified atom stereocenters. The number of oxazole rings is 1. The van der Waals surface area contributed by atoms with Crippen LogP contribution in [0.1, 0.15) is 18.7 Å². The average molecular weight is 228 g/mol. The second-order valence-electron chi connectivity index (χ2n) is 3.18. The Morgan fingerprint density at radius 2 is 2.33 bits per heavy atom. The van der Waals surface area contributed by atoms with Crippen LogP contribution >= 0.6 is 11.6 Å². The minimum absolute atomic E-state index is 0.350. The molecule has 0 radical (unpaired) electrons. The monoisotopic (exact) mass is 227 g/mol. The van der Waals surface area contributed by atoms with E-state index in [4.69, 9.17) is 16.0 Å². The lowest BCUT2D eigenvalue weighted by atomic mass is 10.2. The van der Waals surface area contributed by atoms with Crippen molar-refractivity contribution in [2.45, 2.75) is 13.0 Å². The second kappa shape index (κ2) is 3.67. The SMILES string of the molecule is CC(O)c1c(Cl)c(-c2ncco2)nn1C. The topological polar surface area (TPSA) is 64.1 Å². The highest BCUT2D eigenvalue weighted by Gasteiger charge is 2.21. The Morgan fingerprint density at radius 3 is 2.80 bits per heavy atom. The first kappa shape index (κ1) is 10.2. The van der Waals surface area contributed by atoms with E-state index in [1.54, 1.807) is 14.0 Å². The van der Waals surface area contributed by atoms with Crippen molar-refractivity contribution in [3.63, 3.8) is 0 Å². The highest BCUT2D eigenvalue weighted by Crippen LogP contribution is 2.31. The van der Waals surface area contributed by atoms with Gasteiger partial charge in [-0.25, -0.2) is 4.98 Å². The zero-order valence-corrected chi connectivity index (χ0v) is 9.06. The van der Waals surface area contributed by atoms with E-state index in [0.29, 0.717) is 22.3 Å². The van der Waals surface area contributed by atoms with Gasteiger partial charge in [0.2, 0.25) is 5.89 Å². The molecule has 0 amide bonds. The molecular formula is C9H10ClN3O2. The normalized spacial score (nSPS) is 13.1. The summed E-state index contributed by atoms with van der Waals surface area (Å²) < 4.78 is 6.62. The van der Waals surface area contributed by atoms with Crippen LogP contribution in [0, 0.1) is 0 Å². The van der Waals surface area contributed by atoms with Crippen molar-refractivity contribution in [2.75, 3.05) is 0 Å². The molecule has 1 atom stereocenters. The number of aromatic nitrogens is 3. The Hall–Kier alpha value is -1.33. The Kier molecular flexibility index (Phi) is 2.50. The van der Waals surface area contributed by atoms with Crippen LogP contribution in [0.15, 0.2) is 16.9 Å². The molecule has 15 heavy (non-hydrogen) atoms. The molecule has 0 saturated carbocycles. The number of nitrogens with zero attached hydrogens (tertiary/aromatic N) is 3. The summed E-state index contributed by atoms with van der Waals surface area (Å²) >= 11 is 6.07. The maximum Gasteiger partial charge on any atom is 0.248 e. The van der Waals surface area contributed by atoms with E-state index in [2.05, 4.69) is 10.1 Å². The zero-order valence-electron chi connectivity index (χ0n) is 8.31. The third kappa shape index (κ3) is 1.64. The molecule has 0 spiro atoms. The number of aliphatic hydroxyl groups excluding tert-OH is 1. The van der Waals surface area contributed by atoms with Gasteiger partial charge in [-0.2, -0.15) is 5.10 Å². The molecule has 0 fully saturated rings. The van der Waals surface area contributed by atoms with Gasteiger partial charge in [-0.05, 0) is 6.92 Å². The van der Waals surface area contributed by atoms with Crippen molar-refractivity contribution in [1.29, 1.82) is 0 Å². The molecule has 2 rings (SSSR count). The predicted molar refractivity (Wildman–Crippen MR) is 54.3 cm³/mol. The zero-order chi connectivity index (χ0) is 11.0. The summed E-state index contributed by atoms with van der Waals surface area (Å²) in [5.41, 5.74) is 0.991. The molecule has 5 nitrogen and oxygen atoms in total. The summed E-state index contributed by atoms with van der Waals surface area (Å²) in [5.74, 6) is 0.350. The summed E-state index contributed by atoms with van der Waals surface area (Å²) in [4.78, 5) is 3.95. The number of hydrogen-bond donors (Lipinski definition) is 1. The van der Waals surface area contributed by atoms with Crippen molar-refractivity contribution in [3.8, 4) is 11.6 Å². The molecule has 2 heterocycles. The summed E-state index contributed by atoms with van der Waals surface area (Å²) in [7, 11) is 1.71. The first-order valence-corrected chi connectivity index (χ1v) is 4.79. The first-order valence-electron chi connectivity index (χ1n) is 4.41. The van der Waals surface area contributed by atoms with Gasteiger partial charge in [0, 0.05) is 7.05 Å². The molecule has 6 heteroatoms. The maximum absolute atomic E-state index is 9.50. The van der Waals surface area contributed by atoms with E-state index in [1.807, 2.05) is 0 Å². The van der Waals surface area contributed by atoms with Gasteiger partial charge in [0.25, 0.3) is 0 Å². The lowest BCUT2D eigenvalue weighted by Gasteiger charge is -2.03. The predicted octanol–water partition coefficient (Wildman–Crippen LogP) is 1.78. The summed E-state index contributed by atoms with van der Waals surface area (Å²) in [5, 5.41) is 14.0. The van der Waals surface area contributed by atoms with Crippen LogP contribution in [0.4, 0.5) is 0 Å². The van der Waals surface area contributed by atoms with Crippen LogP contribution in [0.2, 0.25) is 5.02 Å². The lowest BCUT2D eigenvalue weighted by molar-refractivity contribution is 0.189. The molecular weight excluding hydrogens is 218 g/mol. The van der Waals surface area contributed by atoms with E-state index in [-0.39, 0.29) is 0 Å². The van der Waals surface area contributed by atoms with E-state index in [0.717, 1.165) is 0 Å². The van der Waals surface area contributed by atoms with Gasteiger partial charge in [0.1, 0.15) is 6.26 Å². The van der Waals surface area contributed by atoms with Crippen LogP contribution in [-0.2, 0) is 7.05 Å². The Morgan fingerprint density at radius 1 is 1.60 bits per heavy atom. The van der Waals surface area contributed by atoms with Crippen LogP contribution in [-0.4, -0.2) is 19.9 Å². The molecule has 0 aliphatic heterocycles. The van der Waals surface area contributed by atoms with Crippen molar-refractivity contribution in [3.05, 3.63) is 23.2 Å². The quantitative estimate of drug-likeness (QED) is 0.850. The fraction of sp³-hybridized carbons (Fsp3) is 0.333. The number of hydrogen-bond acceptors (Lipinski definition) is 4. The summed E-state index contributed by atoms with van der Waals surface area (Å²) in [6, 6.07) is 0. The molecule has 0 bridgehead atoms. The summed E-state index contributed by atoms with van der Waals surface area (Å²) in [6.07, 6.45) is 2.28. The smallest absolute Gasteiger partial charge is 0.248 e. The largest absolute Gasteiger partial charge is 0.443 e. The number of aliphatic hydroxyl groups is 1. The standard InChI is InChI=1S/C9H10ClN3O2/c1-5(14)8-6(10)7(12-13(8)2)9-11-3-4-15-9/h3-5,14H,1-2H3. The number of aryl methyl sites for hydroxylation is 1. The van der Waals surface area contributed by atoms with Crippen LogP contribution in [0.5, 0.6) is 0 Å². The average Bonchev–Trinajstić information content (AvgIpc) is 2.72. The summed E-state index contributed by atoms with van der Waals surface area (Å²) in [6.45, 7) is 1.63. The van der Waals surface area contributed by atoms with Gasteiger partial charge < -0.3 is 9.52 Å². The first-order chi connectivity index (χ1) is 7.11. The molecule has 1 N–H and O–H groups in total. The van der Waals surface area contributed by atoms with E-state index in [9.17, 15) is 5.11 Å². The maximum atomic E-state index is 9.50. The number of halogens is 1. The van der Waals surface area contributed by atoms with Crippen molar-refractivity contribution in [2.24, 2.45) is 7.05 Å². The van der Waals surface area contributed by atoms with Crippen molar-refractivity contribution in [1.82, 2.24) is 14.8 Å². The van der Waals surface area contributed by atoms with Gasteiger partial charge in [-0.15, -0.1) is 0 Å². The van der Waals surface area contributed by atoms with Gasteiger partial charge >= 0.3 is 0 Å². The fourth-order valence-corrected chi connectivity index (χ4v) is 1.84. The van der Waals surface area contributed by atoms with Crippen LogP contribution < -0.4 is 0 Å². The van der Waals surface area contributed by atoms with Gasteiger partial charge in [-0.1, -0.05) is 11.6 Å². The third-order valence-electron chi connectivity index (χ3n) is 2.06. The second-order valence-corrected chi connectivity index (χ2v) is 3.56. The minimum Gasteiger partial charge on any atom is -0.443 e. The van der Waals surface area contributed by atoms with E-state index < -0.39 is 6.10 Å². The Labute approximate surface area is 91.3 Å². The molecule has 0 aliphatic carbocycles. The minimum atomic E-state index is -0.682. The Bertz CT molecular complexity index is 462. The van der Waals surface area contributed by atoms with Crippen LogP contribution in [0.3, 0.4) is 0 Å². The third-order valence-corrected chi connectivity index (χ3v) is 2.43. The lowest BCUT2D eigenvalue weighted by Crippen LogP contribution is -2.01. The molecule has 2 aromatic rings. The molecule has 0 saturated heterocycles. The molecule has 2 aromatic heterocycles. The highest BCUT2D eigenvalue weighted by molar-refractivity contribution is 6.33. The molecule has 0 aliphatic rings. The van der Waals surface area contributed by atoms with Gasteiger partial charge in [-0.3, -0.25) is 4.68 Å². The van der Waals surface area contributed by atoms with Gasteiger partial charge in [0.05, 0.1) is 23.0 Å². The number of rotatable bonds is 2.